The van der Waals surface area contributed by atoms with E-state index in [1.165, 1.54) is 0 Å². The molecule has 496 valence electrons. The zero-order valence-corrected chi connectivity index (χ0v) is 51.4. The van der Waals surface area contributed by atoms with E-state index in [-0.39, 0.29) is 149 Å². The lowest BCUT2D eigenvalue weighted by Gasteiger charge is -2.33. The number of hydrogen-bond donors (Lipinski definition) is 7. The van der Waals surface area contributed by atoms with Crippen molar-refractivity contribution in [3.63, 3.8) is 0 Å². The summed E-state index contributed by atoms with van der Waals surface area (Å²) in [5, 5.41) is 57.8. The Balaban J connectivity index is 0.845. The van der Waals surface area contributed by atoms with Crippen molar-refractivity contribution in [2.45, 2.75) is 115 Å². The first kappa shape index (κ1) is 70.4. The lowest BCUT2D eigenvalue weighted by molar-refractivity contribution is -0.140. The Kier molecular flexibility index (Phi) is 27.0. The fourth-order valence-corrected chi connectivity index (χ4v) is 11.5. The minimum Gasteiger partial charge on any atom is -0.480 e. The zero-order valence-electron chi connectivity index (χ0n) is 51.4. The fourth-order valence-electron chi connectivity index (χ4n) is 11.5. The molecule has 0 spiro atoms. The van der Waals surface area contributed by atoms with Crippen LogP contribution in [0.4, 0.5) is 8.78 Å². The van der Waals surface area contributed by atoms with Gasteiger partial charge in [-0.3, -0.25) is 62.8 Å². The van der Waals surface area contributed by atoms with Gasteiger partial charge in [-0.15, -0.1) is 5.10 Å². The normalized spacial score (nSPS) is 19.5. The molecule has 0 aliphatic carbocycles. The van der Waals surface area contributed by atoms with Crippen LogP contribution in [0.15, 0.2) is 48.7 Å². The highest BCUT2D eigenvalue weighted by Gasteiger charge is 2.50. The van der Waals surface area contributed by atoms with E-state index in [2.05, 4.69) is 31.6 Å². The van der Waals surface area contributed by atoms with Crippen LogP contribution in [-0.2, 0) is 85.3 Å². The molecule has 3 aromatic rings. The van der Waals surface area contributed by atoms with Crippen LogP contribution in [0.1, 0.15) is 84.9 Å². The Morgan fingerprint density at radius 1 is 0.780 bits per heavy atom. The van der Waals surface area contributed by atoms with Crippen LogP contribution in [-0.4, -0.2) is 255 Å². The number of likely N-dealkylation sites (tertiary alicyclic amines) is 1. The molecule has 28 nitrogen and oxygen atoms in total. The standard InChI is InChI=1S/C61H84F2N14O14/c1-42-11-13-43(14-12-42)6-4-10-52(78)65-15-3-2-9-50(67-53(79)36-71-17-19-72(37-55(81)82)21-23-74(39-57(85)86)24-22-73(20-18-71)38-56(83)84)59(88)66-16-25-90-26-27-91-40-47-34-76(70-69-47)33-45-8-5-7-44-32-75(35-49(44)45)54(80)29-46-28-51(68-58(46)87)60(89)77-41-61(62,63)30-48(77)31-64/h5,7-8,11-14,34,46,48,50-51H,2-4,6,9-10,15-30,32-33,35-41H2,1H3,(H,65,78)(H,66,88)(H,67,79)(H,68,87)(H,81,82)(H,83,84)(H,85,86)/t46-,48-,50?,51-/m0/s1. The van der Waals surface area contributed by atoms with Gasteiger partial charge in [0.2, 0.25) is 35.4 Å². The van der Waals surface area contributed by atoms with E-state index in [9.17, 15) is 72.5 Å². The van der Waals surface area contributed by atoms with Gasteiger partial charge in [-0.05, 0) is 67.7 Å². The lowest BCUT2D eigenvalue weighted by atomic mass is 9.99. The average Bonchev–Trinajstić information content (AvgIpc) is 1.70. The molecule has 6 amide bonds. The maximum Gasteiger partial charge on any atom is 0.317 e. The second kappa shape index (κ2) is 34.9. The third kappa shape index (κ3) is 23.3. The molecule has 7 N–H and O–H groups in total. The first-order valence-electron chi connectivity index (χ1n) is 30.8. The Hall–Kier alpha value is -8.08. The summed E-state index contributed by atoms with van der Waals surface area (Å²) in [7, 11) is 0. The van der Waals surface area contributed by atoms with Crippen molar-refractivity contribution >= 4 is 53.4 Å². The molecule has 7 rings (SSSR count). The number of carbonyl (C=O) groups excluding carboxylic acids is 6. The minimum atomic E-state index is -3.20. The van der Waals surface area contributed by atoms with E-state index in [0.29, 0.717) is 51.0 Å². The van der Waals surface area contributed by atoms with E-state index < -0.39 is 84.5 Å². The summed E-state index contributed by atoms with van der Waals surface area (Å²) >= 11 is 0. The van der Waals surface area contributed by atoms with E-state index in [4.69, 9.17) is 9.47 Å². The summed E-state index contributed by atoms with van der Waals surface area (Å²) in [5.74, 6) is -9.91. The van der Waals surface area contributed by atoms with Crippen LogP contribution in [0.25, 0.3) is 0 Å². The number of halogens is 2. The smallest absolute Gasteiger partial charge is 0.317 e. The molecular weight excluding hydrogens is 1190 g/mol. The van der Waals surface area contributed by atoms with Gasteiger partial charge in [-0.1, -0.05) is 53.2 Å². The highest BCUT2D eigenvalue weighted by molar-refractivity contribution is 5.95. The predicted molar refractivity (Wildman–Crippen MR) is 320 cm³/mol. The average molecular weight is 1280 g/mol. The molecule has 0 bridgehead atoms. The van der Waals surface area contributed by atoms with Crippen molar-refractivity contribution in [3.8, 4) is 6.07 Å². The van der Waals surface area contributed by atoms with Gasteiger partial charge in [-0.25, -0.2) is 13.5 Å². The highest BCUT2D eigenvalue weighted by Crippen LogP contribution is 2.34. The van der Waals surface area contributed by atoms with Gasteiger partial charge in [0.25, 0.3) is 5.92 Å². The van der Waals surface area contributed by atoms with Gasteiger partial charge in [0.1, 0.15) is 23.8 Å². The molecule has 0 saturated carbocycles. The van der Waals surface area contributed by atoms with E-state index in [0.717, 1.165) is 39.1 Å². The number of nitrogens with zero attached hydrogens (tertiary/aromatic N) is 10. The van der Waals surface area contributed by atoms with Gasteiger partial charge in [0.05, 0.1) is 78.0 Å². The quantitative estimate of drug-likeness (QED) is 0.0406. The van der Waals surface area contributed by atoms with Crippen LogP contribution < -0.4 is 21.3 Å². The molecule has 1 aromatic heterocycles. The van der Waals surface area contributed by atoms with Crippen LogP contribution in [0.5, 0.6) is 0 Å². The number of benzene rings is 2. The lowest BCUT2D eigenvalue weighted by Crippen LogP contribution is -2.52. The van der Waals surface area contributed by atoms with Gasteiger partial charge in [0, 0.05) is 104 Å². The topological polar surface area (TPSA) is 355 Å². The zero-order chi connectivity index (χ0) is 65.5. The van der Waals surface area contributed by atoms with Crippen molar-refractivity contribution in [3.05, 3.63) is 82.2 Å². The van der Waals surface area contributed by atoms with Gasteiger partial charge < -0.3 is 55.9 Å². The number of carboxylic acids is 3. The Bertz CT molecular complexity index is 3010. The number of nitrogens with one attached hydrogen (secondary N) is 4. The molecule has 4 atom stereocenters. The van der Waals surface area contributed by atoms with Crippen molar-refractivity contribution < 1.29 is 76.7 Å². The summed E-state index contributed by atoms with van der Waals surface area (Å²) < 4.78 is 41.3. The van der Waals surface area contributed by atoms with Gasteiger partial charge >= 0.3 is 17.9 Å². The summed E-state index contributed by atoms with van der Waals surface area (Å²) in [6, 6.07) is 12.2. The number of nitriles is 1. The Labute approximate surface area is 526 Å². The van der Waals surface area contributed by atoms with Gasteiger partial charge in [-0.2, -0.15) is 5.26 Å². The Morgan fingerprint density at radius 2 is 1.42 bits per heavy atom. The molecule has 2 aromatic carbocycles. The number of fused-ring (bicyclic) bond motifs is 1. The monoisotopic (exact) mass is 1270 g/mol. The number of aryl methyl sites for hydroxylation is 2. The van der Waals surface area contributed by atoms with Crippen LogP contribution in [0.3, 0.4) is 0 Å². The second-order valence-corrected chi connectivity index (χ2v) is 23.6. The van der Waals surface area contributed by atoms with E-state index in [1.54, 1.807) is 41.4 Å². The Morgan fingerprint density at radius 3 is 2.05 bits per heavy atom. The third-order valence-corrected chi connectivity index (χ3v) is 16.4. The van der Waals surface area contributed by atoms with Crippen LogP contribution in [0.2, 0.25) is 0 Å². The summed E-state index contributed by atoms with van der Waals surface area (Å²) in [6.07, 6.45) is 3.78. The van der Waals surface area contributed by atoms with E-state index in [1.807, 2.05) is 49.4 Å². The van der Waals surface area contributed by atoms with Crippen molar-refractivity contribution in [2.75, 3.05) is 118 Å². The maximum absolute atomic E-state index is 14.0. The minimum absolute atomic E-state index is 0.0512. The number of aromatic nitrogens is 3. The fraction of sp³-hybridized carbons (Fsp3) is 0.607. The second-order valence-electron chi connectivity index (χ2n) is 23.6. The largest absolute Gasteiger partial charge is 0.480 e. The number of carboxylic acid groups (broad SMARTS) is 3. The van der Waals surface area contributed by atoms with E-state index >= 15 is 0 Å². The molecule has 3 saturated heterocycles. The molecule has 1 unspecified atom stereocenters. The molecule has 91 heavy (non-hydrogen) atoms. The maximum atomic E-state index is 14.0. The molecule has 4 aliphatic rings. The molecule has 30 heteroatoms. The first-order valence-corrected chi connectivity index (χ1v) is 30.8. The number of rotatable bonds is 32. The number of unbranched alkanes of at least 4 members (excludes halogenated alkanes) is 1. The first-order chi connectivity index (χ1) is 43.6. The summed E-state index contributed by atoms with van der Waals surface area (Å²) in [4.78, 5) is 124. The molecule has 5 heterocycles. The van der Waals surface area contributed by atoms with Crippen molar-refractivity contribution in [1.29, 1.82) is 5.26 Å². The number of carbonyl (C=O) groups is 9. The van der Waals surface area contributed by atoms with Crippen molar-refractivity contribution in [2.24, 2.45) is 5.92 Å². The number of aliphatic carboxylic acids is 3. The predicted octanol–water partition coefficient (Wildman–Crippen LogP) is 0.0506. The number of hydrogen-bond acceptors (Lipinski definition) is 18. The number of amides is 6. The highest BCUT2D eigenvalue weighted by atomic mass is 19.3. The molecule has 0 radical (unpaired) electrons. The SMILES string of the molecule is Cc1ccc(CCCC(=O)NCCCCC(NC(=O)CN2CCN(CC(=O)O)CCN(CC(=O)O)CCN(CC(=O)O)CC2)C(=O)NCCOCCOCc2cn(Cc3cccc4c3CN(C(=O)C[C@@H]3C[C@@H](C(=O)N5CC(F)(F)C[C@H]5C#N)NC3=O)C4)nn2)cc1. The van der Waals surface area contributed by atoms with Crippen LogP contribution >= 0.6 is 0 Å². The summed E-state index contributed by atoms with van der Waals surface area (Å²) in [6.45, 7) is 3.57. The molecular formula is C61H84F2N14O14. The number of alkyl halides is 2. The van der Waals surface area contributed by atoms with Crippen molar-refractivity contribution in [1.82, 2.24) is 65.7 Å². The molecule has 3 fully saturated rings. The third-order valence-electron chi connectivity index (χ3n) is 16.4. The van der Waals surface area contributed by atoms with Gasteiger partial charge in [0.15, 0.2) is 0 Å². The van der Waals surface area contributed by atoms with Crippen LogP contribution in [0, 0.1) is 24.2 Å². The number of ether oxygens (including phenoxy) is 2. The summed E-state index contributed by atoms with van der Waals surface area (Å²) in [5.41, 5.74) is 5.60. The molecule has 4 aliphatic heterocycles.